The van der Waals surface area contributed by atoms with Gasteiger partial charge in [0.15, 0.2) is 0 Å². The summed E-state index contributed by atoms with van der Waals surface area (Å²) in [5.74, 6) is 1.28. The lowest BCUT2D eigenvalue weighted by molar-refractivity contribution is -0.137. The molecule has 0 atom stereocenters. The van der Waals surface area contributed by atoms with Gasteiger partial charge in [-0.05, 0) is 48.1 Å². The molecule has 3 aliphatic rings. The molecule has 1 aromatic carbocycles. The minimum Gasteiger partial charge on any atom is -0.378 e. The lowest BCUT2D eigenvalue weighted by Crippen LogP contribution is -2.37. The van der Waals surface area contributed by atoms with Crippen LogP contribution in [0.4, 0.5) is 42.1 Å². The zero-order chi connectivity index (χ0) is 28.8. The van der Waals surface area contributed by atoms with Crippen LogP contribution >= 0.6 is 0 Å². The van der Waals surface area contributed by atoms with Crippen LogP contribution in [-0.4, -0.2) is 67.9 Å². The van der Waals surface area contributed by atoms with Gasteiger partial charge in [0.05, 0.1) is 24.5 Å². The van der Waals surface area contributed by atoms with Crippen molar-refractivity contribution < 1.29 is 17.9 Å². The molecule has 1 saturated heterocycles. The van der Waals surface area contributed by atoms with Gasteiger partial charge in [-0.15, -0.1) is 0 Å². The number of ether oxygens (including phenoxy) is 1. The summed E-state index contributed by atoms with van der Waals surface area (Å²) in [6.45, 7) is 8.88. The van der Waals surface area contributed by atoms with Crippen LogP contribution in [0.1, 0.15) is 42.7 Å². The van der Waals surface area contributed by atoms with Crippen LogP contribution in [0, 0.1) is 0 Å². The number of nitrogens with one attached hydrogen (secondary N) is 1. The fourth-order valence-corrected chi connectivity index (χ4v) is 6.01. The first-order chi connectivity index (χ1) is 19.6. The van der Waals surface area contributed by atoms with Crippen LogP contribution in [0.3, 0.4) is 0 Å². The summed E-state index contributed by atoms with van der Waals surface area (Å²) < 4.78 is 47.0. The summed E-state index contributed by atoms with van der Waals surface area (Å²) in [5, 5.41) is 3.58. The summed E-state index contributed by atoms with van der Waals surface area (Å²) in [7, 11) is 2.12. The molecule has 3 aromatic rings. The number of hydrogen-bond acceptors (Lipinski definition) is 8. The molecule has 11 heteroatoms. The van der Waals surface area contributed by atoms with E-state index in [0.29, 0.717) is 64.0 Å². The molecule has 0 unspecified atom stereocenters. The van der Waals surface area contributed by atoms with E-state index >= 15 is 0 Å². The fourth-order valence-electron chi connectivity index (χ4n) is 6.01. The molecule has 6 rings (SSSR count). The van der Waals surface area contributed by atoms with Gasteiger partial charge in [-0.1, -0.05) is 19.9 Å². The Bertz CT molecular complexity index is 1420. The largest absolute Gasteiger partial charge is 0.419 e. The smallest absolute Gasteiger partial charge is 0.378 e. The van der Waals surface area contributed by atoms with E-state index in [1.807, 2.05) is 0 Å². The maximum Gasteiger partial charge on any atom is 0.419 e. The quantitative estimate of drug-likeness (QED) is 0.462. The standard InChI is InChI=1S/C30H36F3N7O/c1-29(2)10-14-38(3)25-19-20(6-7-22(25)29)35-26-21-8-12-39(27-23(30(31,32)33)5-4-11-34-27)13-9-24(21)36-28(37-26)40-15-17-41-18-16-40/h4-7,11,19H,8-10,12-18H2,1-3H3,(H,35,36,37). The lowest BCUT2D eigenvalue weighted by Gasteiger charge is -2.38. The number of fused-ring (bicyclic) bond motifs is 2. The number of hydrogen-bond donors (Lipinski definition) is 1. The van der Waals surface area contributed by atoms with Crippen molar-refractivity contribution in [2.45, 2.75) is 44.7 Å². The second kappa shape index (κ2) is 10.7. The third-order valence-corrected chi connectivity index (χ3v) is 8.49. The normalized spacial score (nSPS) is 18.9. The van der Waals surface area contributed by atoms with Gasteiger partial charge in [-0.25, -0.2) is 9.97 Å². The van der Waals surface area contributed by atoms with Crippen LogP contribution in [0.25, 0.3) is 0 Å². The molecule has 0 aliphatic carbocycles. The Hall–Kier alpha value is -3.60. The second-order valence-electron chi connectivity index (χ2n) is 11.7. The number of benzene rings is 1. The molecular formula is C30H36F3N7O. The van der Waals surface area contributed by atoms with E-state index in [4.69, 9.17) is 14.7 Å². The van der Waals surface area contributed by atoms with Gasteiger partial charge in [0.2, 0.25) is 5.95 Å². The third kappa shape index (κ3) is 5.51. The molecule has 0 amide bonds. The summed E-state index contributed by atoms with van der Waals surface area (Å²) in [5.41, 5.74) is 4.60. The highest BCUT2D eigenvalue weighted by Crippen LogP contribution is 2.41. The molecule has 2 aromatic heterocycles. The number of rotatable bonds is 4. The van der Waals surface area contributed by atoms with Gasteiger partial charge >= 0.3 is 6.18 Å². The highest BCUT2D eigenvalue weighted by molar-refractivity contribution is 5.70. The van der Waals surface area contributed by atoms with Crippen molar-refractivity contribution in [2.75, 3.05) is 73.0 Å². The number of halogens is 3. The van der Waals surface area contributed by atoms with E-state index in [-0.39, 0.29) is 11.2 Å². The van der Waals surface area contributed by atoms with Crippen molar-refractivity contribution in [1.29, 1.82) is 0 Å². The topological polar surface area (TPSA) is 69.7 Å². The van der Waals surface area contributed by atoms with Gasteiger partial charge in [0, 0.05) is 69.3 Å². The predicted octanol–water partition coefficient (Wildman–Crippen LogP) is 5.19. The van der Waals surface area contributed by atoms with Crippen LogP contribution in [0.2, 0.25) is 0 Å². The Balaban J connectivity index is 1.36. The summed E-state index contributed by atoms with van der Waals surface area (Å²) in [6, 6.07) is 8.88. The highest BCUT2D eigenvalue weighted by atomic mass is 19.4. The first kappa shape index (κ1) is 27.6. The van der Waals surface area contributed by atoms with E-state index in [9.17, 15) is 13.2 Å². The molecule has 41 heavy (non-hydrogen) atoms. The maximum atomic E-state index is 13.8. The van der Waals surface area contributed by atoms with E-state index in [0.717, 1.165) is 36.0 Å². The zero-order valence-corrected chi connectivity index (χ0v) is 23.8. The number of anilines is 5. The Morgan fingerprint density at radius 2 is 1.73 bits per heavy atom. The minimum atomic E-state index is -4.48. The molecule has 218 valence electrons. The number of pyridine rings is 1. The average Bonchev–Trinajstić information content (AvgIpc) is 3.18. The molecule has 0 spiro atoms. The van der Waals surface area contributed by atoms with Crippen molar-refractivity contribution in [3.8, 4) is 0 Å². The van der Waals surface area contributed by atoms with Crippen molar-refractivity contribution in [1.82, 2.24) is 15.0 Å². The monoisotopic (exact) mass is 567 g/mol. The minimum absolute atomic E-state index is 0.0379. The molecule has 0 radical (unpaired) electrons. The molecule has 3 aliphatic heterocycles. The Labute approximate surface area is 238 Å². The molecule has 0 bridgehead atoms. The van der Waals surface area contributed by atoms with Crippen molar-refractivity contribution in [2.24, 2.45) is 0 Å². The van der Waals surface area contributed by atoms with Gasteiger partial charge in [0.25, 0.3) is 0 Å². The van der Waals surface area contributed by atoms with Crippen LogP contribution in [-0.2, 0) is 29.2 Å². The van der Waals surface area contributed by atoms with Gasteiger partial charge in [0.1, 0.15) is 11.6 Å². The van der Waals surface area contributed by atoms with E-state index in [2.05, 4.69) is 59.2 Å². The summed E-state index contributed by atoms with van der Waals surface area (Å²) in [6.07, 6.45) is -0.993. The fraction of sp³-hybridized carbons (Fsp3) is 0.500. The van der Waals surface area contributed by atoms with Gasteiger partial charge < -0.3 is 24.8 Å². The van der Waals surface area contributed by atoms with Crippen LogP contribution < -0.4 is 20.0 Å². The average molecular weight is 568 g/mol. The van der Waals surface area contributed by atoms with Gasteiger partial charge in [-0.3, -0.25) is 0 Å². The molecule has 5 heterocycles. The number of nitrogens with zero attached hydrogens (tertiary/aromatic N) is 6. The highest BCUT2D eigenvalue weighted by Gasteiger charge is 2.36. The van der Waals surface area contributed by atoms with Gasteiger partial charge in [-0.2, -0.15) is 18.2 Å². The van der Waals surface area contributed by atoms with Crippen LogP contribution in [0.15, 0.2) is 36.5 Å². The third-order valence-electron chi connectivity index (χ3n) is 8.49. The molecule has 8 nitrogen and oxygen atoms in total. The molecule has 1 fully saturated rings. The van der Waals surface area contributed by atoms with Crippen LogP contribution in [0.5, 0.6) is 0 Å². The van der Waals surface area contributed by atoms with Crippen molar-refractivity contribution >= 4 is 29.0 Å². The first-order valence-corrected chi connectivity index (χ1v) is 14.2. The zero-order valence-electron chi connectivity index (χ0n) is 23.8. The first-order valence-electron chi connectivity index (χ1n) is 14.2. The van der Waals surface area contributed by atoms with E-state index in [1.165, 1.54) is 23.5 Å². The van der Waals surface area contributed by atoms with E-state index < -0.39 is 11.7 Å². The van der Waals surface area contributed by atoms with Crippen molar-refractivity contribution in [3.63, 3.8) is 0 Å². The number of aromatic nitrogens is 3. The lowest BCUT2D eigenvalue weighted by atomic mass is 9.78. The number of alkyl halides is 3. The Morgan fingerprint density at radius 1 is 0.951 bits per heavy atom. The molecule has 1 N–H and O–H groups in total. The second-order valence-corrected chi connectivity index (χ2v) is 11.7. The molecule has 0 saturated carbocycles. The summed E-state index contributed by atoms with van der Waals surface area (Å²) >= 11 is 0. The SMILES string of the molecule is CN1CCC(C)(C)c2ccc(Nc3nc(N4CCOCC4)nc4c3CCN(c3ncccc3C(F)(F)F)CC4)cc21. The molecular weight excluding hydrogens is 531 g/mol. The van der Waals surface area contributed by atoms with E-state index in [1.54, 1.807) is 4.90 Å². The number of morpholine rings is 1. The predicted molar refractivity (Wildman–Crippen MR) is 155 cm³/mol. The van der Waals surface area contributed by atoms with Crippen molar-refractivity contribution in [3.05, 3.63) is 58.9 Å². The Morgan fingerprint density at radius 3 is 2.51 bits per heavy atom. The maximum absolute atomic E-state index is 13.8. The Kier molecular flexibility index (Phi) is 7.17. The summed E-state index contributed by atoms with van der Waals surface area (Å²) in [4.78, 5) is 20.2.